The van der Waals surface area contributed by atoms with Crippen LogP contribution >= 0.6 is 90.4 Å². The number of aromatic nitrogens is 1. The number of fused-ring (bicyclic) bond motifs is 3. The van der Waals surface area contributed by atoms with Crippen molar-refractivity contribution in [2.45, 2.75) is 26.3 Å². The Labute approximate surface area is 213 Å². The van der Waals surface area contributed by atoms with Crippen LogP contribution in [0.1, 0.15) is 19.8 Å². The molecule has 0 atom stereocenters. The number of benzene rings is 2. The maximum atomic E-state index is 11.5. The number of esters is 1. The van der Waals surface area contributed by atoms with Crippen LogP contribution in [0.5, 0.6) is 0 Å². The molecule has 0 spiro atoms. The fourth-order valence-corrected chi connectivity index (χ4v) is 7.36. The number of carbonyl (C=O) groups excluding carboxylic acids is 1. The minimum atomic E-state index is -0.305. The van der Waals surface area contributed by atoms with Gasteiger partial charge in [0.05, 0.1) is 17.6 Å². The summed E-state index contributed by atoms with van der Waals surface area (Å²) in [5.41, 5.74) is 3.04. The smallest absolute Gasteiger partial charge is 0.333 e. The summed E-state index contributed by atoms with van der Waals surface area (Å²) < 4.78 is 12.7. The van der Waals surface area contributed by atoms with E-state index in [2.05, 4.69) is 126 Å². The zero-order chi connectivity index (χ0) is 19.7. The molecule has 0 aliphatic carbocycles. The van der Waals surface area contributed by atoms with Crippen LogP contribution in [0, 0.1) is 14.3 Å². The first-order chi connectivity index (χ1) is 12.8. The molecule has 0 unspecified atom stereocenters. The van der Waals surface area contributed by atoms with Gasteiger partial charge in [0.25, 0.3) is 0 Å². The van der Waals surface area contributed by atoms with Crippen molar-refractivity contribution < 1.29 is 9.53 Å². The summed E-state index contributed by atoms with van der Waals surface area (Å²) in [4.78, 5) is 11.5. The lowest BCUT2D eigenvalue weighted by Crippen LogP contribution is -2.07. The summed E-state index contributed by atoms with van der Waals surface area (Å²) in [5.74, 6) is -0.305. The molecule has 1 heterocycles. The van der Waals surface area contributed by atoms with E-state index in [-0.39, 0.29) is 5.97 Å². The lowest BCUT2D eigenvalue weighted by Gasteiger charge is -2.10. The second-order valence-electron chi connectivity index (χ2n) is 6.34. The number of unbranched alkanes of at least 4 members (excludes halogenated alkanes) is 1. The zero-order valence-corrected chi connectivity index (χ0v) is 23.3. The molecule has 2 aromatic carbocycles. The molecule has 0 amide bonds. The van der Waals surface area contributed by atoms with E-state index in [0.717, 1.165) is 19.4 Å². The van der Waals surface area contributed by atoms with E-state index in [1.54, 1.807) is 6.92 Å². The number of halogens is 4. The molecule has 1 aromatic heterocycles. The van der Waals surface area contributed by atoms with E-state index < -0.39 is 0 Å². The maximum Gasteiger partial charge on any atom is 0.333 e. The van der Waals surface area contributed by atoms with E-state index in [1.807, 2.05) is 0 Å². The van der Waals surface area contributed by atoms with Crippen LogP contribution in [-0.4, -0.2) is 17.1 Å². The summed E-state index contributed by atoms with van der Waals surface area (Å²) in [6.45, 7) is 6.63. The van der Waals surface area contributed by atoms with Gasteiger partial charge in [0.15, 0.2) is 0 Å². The van der Waals surface area contributed by atoms with Crippen molar-refractivity contribution in [2.75, 3.05) is 6.61 Å². The van der Waals surface area contributed by atoms with E-state index in [9.17, 15) is 4.79 Å². The first-order valence-electron chi connectivity index (χ1n) is 8.38. The molecule has 0 aliphatic rings. The third kappa shape index (κ3) is 4.93. The van der Waals surface area contributed by atoms with Gasteiger partial charge in [0.1, 0.15) is 0 Å². The van der Waals surface area contributed by atoms with Crippen LogP contribution in [0.4, 0.5) is 0 Å². The quantitative estimate of drug-likeness (QED) is 0.115. The van der Waals surface area contributed by atoms with Crippen molar-refractivity contribution in [3.05, 3.63) is 50.7 Å². The highest BCUT2D eigenvalue weighted by atomic mass is 127. The molecular weight excluding hydrogens is 794 g/mol. The zero-order valence-electron chi connectivity index (χ0n) is 14.6. The Morgan fingerprint density at radius 1 is 0.963 bits per heavy atom. The number of aryl methyl sites for hydroxylation is 1. The van der Waals surface area contributed by atoms with E-state index in [1.165, 1.54) is 36.1 Å². The molecule has 27 heavy (non-hydrogen) atoms. The number of nitrogens with zero attached hydrogens (tertiary/aromatic N) is 1. The highest BCUT2D eigenvalue weighted by Crippen LogP contribution is 2.37. The average molecular weight is 811 g/mol. The van der Waals surface area contributed by atoms with Gasteiger partial charge >= 0.3 is 5.97 Å². The molecule has 3 rings (SSSR count). The summed E-state index contributed by atoms with van der Waals surface area (Å²) in [7, 11) is 0. The second-order valence-corrected chi connectivity index (χ2v) is 11.2. The molecule has 0 N–H and O–H groups in total. The monoisotopic (exact) mass is 811 g/mol. The van der Waals surface area contributed by atoms with Crippen molar-refractivity contribution in [3.63, 3.8) is 0 Å². The molecule has 0 fully saturated rings. The van der Waals surface area contributed by atoms with Crippen molar-refractivity contribution in [3.8, 4) is 0 Å². The fraction of sp³-hybridized carbons (Fsp3) is 0.250. The highest BCUT2D eigenvalue weighted by Gasteiger charge is 2.17. The Balaban J connectivity index is 1.94. The number of ether oxygens (including phenoxy) is 1. The largest absolute Gasteiger partial charge is 0.462 e. The van der Waals surface area contributed by atoms with Gasteiger partial charge in [-0.2, -0.15) is 0 Å². The van der Waals surface area contributed by atoms with Gasteiger partial charge in [-0.1, -0.05) is 6.58 Å². The van der Waals surface area contributed by atoms with Gasteiger partial charge in [-0.15, -0.1) is 0 Å². The third-order valence-corrected chi connectivity index (χ3v) is 7.13. The van der Waals surface area contributed by atoms with Crippen LogP contribution < -0.4 is 0 Å². The van der Waals surface area contributed by atoms with Gasteiger partial charge in [0.2, 0.25) is 0 Å². The molecule has 0 bridgehead atoms. The van der Waals surface area contributed by atoms with E-state index in [0.29, 0.717) is 12.2 Å². The van der Waals surface area contributed by atoms with Crippen molar-refractivity contribution in [1.29, 1.82) is 0 Å². The Morgan fingerprint density at radius 3 is 1.96 bits per heavy atom. The number of rotatable bonds is 6. The van der Waals surface area contributed by atoms with Crippen LogP contribution in [0.15, 0.2) is 36.4 Å². The molecule has 0 radical (unpaired) electrons. The number of carbonyl (C=O) groups is 1. The Kier molecular flexibility index (Phi) is 7.73. The average Bonchev–Trinajstić information content (AvgIpc) is 2.88. The van der Waals surface area contributed by atoms with Gasteiger partial charge < -0.3 is 9.30 Å². The standard InChI is InChI=1S/C20H17I4NO2/c1-11(2)20(26)27-6-4-3-5-25-18-14(7-12(21)9-16(18)23)15-8-13(22)10-17(24)19(15)25/h7-10H,1,3-6H2,2H3. The number of hydrogen-bond donors (Lipinski definition) is 0. The summed E-state index contributed by atoms with van der Waals surface area (Å²) >= 11 is 9.66. The Morgan fingerprint density at radius 2 is 1.48 bits per heavy atom. The predicted octanol–water partition coefficient (Wildman–Crippen LogP) is 7.11. The van der Waals surface area contributed by atoms with E-state index in [4.69, 9.17) is 4.74 Å². The van der Waals surface area contributed by atoms with Crippen LogP contribution in [-0.2, 0) is 16.1 Å². The van der Waals surface area contributed by atoms with Crippen molar-refractivity contribution >= 4 is 118 Å². The lowest BCUT2D eigenvalue weighted by molar-refractivity contribution is -0.139. The molecule has 0 aliphatic heterocycles. The van der Waals surface area contributed by atoms with Crippen molar-refractivity contribution in [1.82, 2.24) is 4.57 Å². The SMILES string of the molecule is C=C(C)C(=O)OCCCCn1c2c(I)cc(I)cc2c2cc(I)cc(I)c21. The highest BCUT2D eigenvalue weighted by molar-refractivity contribution is 14.1. The Bertz CT molecular complexity index is 990. The maximum absolute atomic E-state index is 11.5. The van der Waals surface area contributed by atoms with Crippen LogP contribution in [0.2, 0.25) is 0 Å². The van der Waals surface area contributed by atoms with Crippen molar-refractivity contribution in [2.24, 2.45) is 0 Å². The predicted molar refractivity (Wildman–Crippen MR) is 145 cm³/mol. The molecule has 3 aromatic rings. The van der Waals surface area contributed by atoms with Gasteiger partial charge in [0, 0.05) is 37.2 Å². The summed E-state index contributed by atoms with van der Waals surface area (Å²) in [6.07, 6.45) is 1.79. The van der Waals surface area contributed by atoms with Crippen LogP contribution in [0.25, 0.3) is 21.8 Å². The lowest BCUT2D eigenvalue weighted by atomic mass is 10.2. The molecule has 3 nitrogen and oxygen atoms in total. The first kappa shape index (κ1) is 22.1. The molecule has 0 saturated heterocycles. The minimum Gasteiger partial charge on any atom is -0.462 e. The molecular formula is C20H17I4NO2. The van der Waals surface area contributed by atoms with E-state index >= 15 is 0 Å². The minimum absolute atomic E-state index is 0.305. The summed E-state index contributed by atoms with van der Waals surface area (Å²) in [6, 6.07) is 9.01. The topological polar surface area (TPSA) is 31.2 Å². The fourth-order valence-electron chi connectivity index (χ4n) is 3.09. The molecule has 7 heteroatoms. The second kappa shape index (κ2) is 9.45. The van der Waals surface area contributed by atoms with Gasteiger partial charge in [-0.05, 0) is 134 Å². The third-order valence-electron chi connectivity index (χ3n) is 4.24. The molecule has 142 valence electrons. The first-order valence-corrected chi connectivity index (χ1v) is 12.7. The van der Waals surface area contributed by atoms with Gasteiger partial charge in [-0.3, -0.25) is 0 Å². The summed E-state index contributed by atoms with van der Waals surface area (Å²) in [5, 5.41) is 2.62. The molecule has 0 saturated carbocycles. The van der Waals surface area contributed by atoms with Crippen LogP contribution in [0.3, 0.4) is 0 Å². The number of hydrogen-bond acceptors (Lipinski definition) is 2. The van der Waals surface area contributed by atoms with Gasteiger partial charge in [-0.25, -0.2) is 4.79 Å². The Hall–Kier alpha value is 0.370. The normalized spacial score (nSPS) is 11.3.